The molecular weight excluding hydrogens is 565 g/mol. The van der Waals surface area contributed by atoms with Gasteiger partial charge in [0.15, 0.2) is 0 Å². The van der Waals surface area contributed by atoms with Gasteiger partial charge in [-0.05, 0) is 54.2 Å². The van der Waals surface area contributed by atoms with Crippen molar-refractivity contribution in [1.82, 2.24) is 15.6 Å². The molecule has 1 aromatic heterocycles. The van der Waals surface area contributed by atoms with E-state index in [4.69, 9.17) is 11.6 Å². The van der Waals surface area contributed by atoms with E-state index < -0.39 is 41.6 Å². The molecule has 1 saturated carbocycles. The number of aromatic nitrogens is 1. The molecule has 2 N–H and O–H groups in total. The van der Waals surface area contributed by atoms with E-state index in [1.54, 1.807) is 43.3 Å². The number of carbonyl (C=O) groups is 1. The van der Waals surface area contributed by atoms with E-state index in [2.05, 4.69) is 26.9 Å². The number of carbonyl (C=O) groups excluding carboxylic acids is 1. The minimum Gasteiger partial charge on any atom is -0.428 e. The van der Waals surface area contributed by atoms with Crippen LogP contribution in [-0.4, -0.2) is 29.6 Å². The standard InChI is InChI=1S/C30H29ClF5N3O2/c1-3-19-10-7-11-25(19)38-28(40)39-29(26-13-12-22(31)17-37-26,18(2)20-8-5-4-6-9-20)21-14-23(32)16-24(15-21)41-30(35,36)27(33)34/h3-6,8-9,12-19,25,27H,1,7,10-11H2,2H3,(H2,38,39,40)/t18?,19-,25?,29+/m1/s1. The van der Waals surface area contributed by atoms with Crippen LogP contribution in [0.3, 0.4) is 0 Å². The number of alkyl halides is 4. The van der Waals surface area contributed by atoms with E-state index in [9.17, 15) is 22.4 Å². The lowest BCUT2D eigenvalue weighted by Gasteiger charge is -2.41. The number of hydrogen-bond donors (Lipinski definition) is 2. The van der Waals surface area contributed by atoms with E-state index >= 15 is 4.39 Å². The maximum Gasteiger partial charge on any atom is 0.461 e. The van der Waals surface area contributed by atoms with Gasteiger partial charge in [0.2, 0.25) is 0 Å². The van der Waals surface area contributed by atoms with Crippen molar-refractivity contribution in [2.45, 2.75) is 56.2 Å². The number of hydrogen-bond acceptors (Lipinski definition) is 3. The first-order chi connectivity index (χ1) is 19.5. The van der Waals surface area contributed by atoms with Gasteiger partial charge >= 0.3 is 18.6 Å². The number of halogens is 6. The number of nitrogens with zero attached hydrogens (tertiary/aromatic N) is 1. The molecule has 0 spiro atoms. The summed E-state index contributed by atoms with van der Waals surface area (Å²) in [7, 11) is 0. The molecule has 4 atom stereocenters. The summed E-state index contributed by atoms with van der Waals surface area (Å²) in [6.45, 7) is 5.59. The molecule has 1 fully saturated rings. The fourth-order valence-corrected chi connectivity index (χ4v) is 5.46. The number of urea groups is 1. The Kier molecular flexibility index (Phi) is 9.21. The number of rotatable bonds is 10. The minimum atomic E-state index is -4.88. The molecular formula is C30H29ClF5N3O2. The molecule has 1 heterocycles. The van der Waals surface area contributed by atoms with Gasteiger partial charge in [-0.2, -0.15) is 17.6 Å². The molecule has 11 heteroatoms. The van der Waals surface area contributed by atoms with Crippen LogP contribution in [0.2, 0.25) is 5.02 Å². The maximum absolute atomic E-state index is 15.0. The minimum absolute atomic E-state index is 0.0427. The van der Waals surface area contributed by atoms with Gasteiger partial charge in [0.05, 0.1) is 10.7 Å². The van der Waals surface area contributed by atoms with Gasteiger partial charge in [-0.3, -0.25) is 4.98 Å². The molecule has 5 nitrogen and oxygen atoms in total. The highest BCUT2D eigenvalue weighted by Gasteiger charge is 2.47. The highest BCUT2D eigenvalue weighted by atomic mass is 35.5. The Balaban J connectivity index is 1.91. The molecule has 2 amide bonds. The van der Waals surface area contributed by atoms with E-state index in [0.717, 1.165) is 25.0 Å². The second kappa shape index (κ2) is 12.5. The zero-order valence-electron chi connectivity index (χ0n) is 22.1. The van der Waals surface area contributed by atoms with Gasteiger partial charge < -0.3 is 15.4 Å². The Morgan fingerprint density at radius 1 is 1.15 bits per heavy atom. The Morgan fingerprint density at radius 3 is 2.51 bits per heavy atom. The Labute approximate surface area is 239 Å². The first-order valence-corrected chi connectivity index (χ1v) is 13.4. The first-order valence-electron chi connectivity index (χ1n) is 13.0. The van der Waals surface area contributed by atoms with Gasteiger partial charge in [0, 0.05) is 24.2 Å². The monoisotopic (exact) mass is 593 g/mol. The molecule has 0 radical (unpaired) electrons. The van der Waals surface area contributed by atoms with Crippen LogP contribution in [0.4, 0.5) is 26.7 Å². The van der Waals surface area contributed by atoms with Crippen molar-refractivity contribution in [3.05, 3.63) is 107 Å². The largest absolute Gasteiger partial charge is 0.461 e. The molecule has 41 heavy (non-hydrogen) atoms. The van der Waals surface area contributed by atoms with Crippen molar-refractivity contribution in [2.24, 2.45) is 5.92 Å². The number of amides is 2. The zero-order chi connectivity index (χ0) is 29.8. The van der Waals surface area contributed by atoms with Crippen LogP contribution in [-0.2, 0) is 5.54 Å². The summed E-state index contributed by atoms with van der Waals surface area (Å²) in [5.41, 5.74) is -0.902. The van der Waals surface area contributed by atoms with Crippen molar-refractivity contribution in [1.29, 1.82) is 0 Å². The summed E-state index contributed by atoms with van der Waals surface area (Å²) in [4.78, 5) is 18.1. The second-order valence-corrected chi connectivity index (χ2v) is 10.4. The summed E-state index contributed by atoms with van der Waals surface area (Å²) in [6, 6.07) is 13.6. The molecule has 0 saturated heterocycles. The average Bonchev–Trinajstić information content (AvgIpc) is 3.38. The normalized spacial score (nSPS) is 19.3. The van der Waals surface area contributed by atoms with Crippen LogP contribution in [0.15, 0.2) is 79.5 Å². The van der Waals surface area contributed by atoms with Crippen LogP contribution in [0, 0.1) is 11.7 Å². The van der Waals surface area contributed by atoms with Crippen LogP contribution in [0.1, 0.15) is 48.9 Å². The van der Waals surface area contributed by atoms with Gasteiger partial charge in [-0.1, -0.05) is 61.4 Å². The van der Waals surface area contributed by atoms with Crippen LogP contribution >= 0.6 is 11.6 Å². The van der Waals surface area contributed by atoms with Crippen molar-refractivity contribution in [3.63, 3.8) is 0 Å². The van der Waals surface area contributed by atoms with Gasteiger partial charge in [-0.15, -0.1) is 6.58 Å². The second-order valence-electron chi connectivity index (χ2n) is 9.98. The van der Waals surface area contributed by atoms with E-state index in [1.165, 1.54) is 18.3 Å². The zero-order valence-corrected chi connectivity index (χ0v) is 22.9. The van der Waals surface area contributed by atoms with Crippen molar-refractivity contribution >= 4 is 17.6 Å². The molecule has 4 rings (SSSR count). The van der Waals surface area contributed by atoms with Crippen LogP contribution < -0.4 is 15.4 Å². The van der Waals surface area contributed by atoms with Crippen molar-refractivity contribution in [3.8, 4) is 5.75 Å². The Hall–Kier alpha value is -3.66. The third kappa shape index (κ3) is 6.64. The lowest BCUT2D eigenvalue weighted by Crippen LogP contribution is -2.56. The predicted octanol–water partition coefficient (Wildman–Crippen LogP) is 7.81. The first kappa shape index (κ1) is 30.3. The number of ether oxygens (including phenoxy) is 1. The lowest BCUT2D eigenvalue weighted by atomic mass is 9.72. The smallest absolute Gasteiger partial charge is 0.428 e. The number of nitrogens with one attached hydrogen (secondary N) is 2. The lowest BCUT2D eigenvalue weighted by molar-refractivity contribution is -0.253. The van der Waals surface area contributed by atoms with Crippen LogP contribution in [0.25, 0.3) is 0 Å². The Morgan fingerprint density at radius 2 is 1.88 bits per heavy atom. The molecule has 0 bridgehead atoms. The van der Waals surface area contributed by atoms with Crippen molar-refractivity contribution in [2.75, 3.05) is 0 Å². The topological polar surface area (TPSA) is 63.2 Å². The van der Waals surface area contributed by atoms with Gasteiger partial charge in [0.25, 0.3) is 0 Å². The predicted molar refractivity (Wildman–Crippen MR) is 146 cm³/mol. The molecule has 1 aliphatic carbocycles. The fourth-order valence-electron chi connectivity index (χ4n) is 5.35. The van der Waals surface area contributed by atoms with E-state index in [1.807, 2.05) is 0 Å². The van der Waals surface area contributed by atoms with E-state index in [0.29, 0.717) is 18.1 Å². The molecule has 0 aliphatic heterocycles. The molecule has 2 aromatic carbocycles. The van der Waals surface area contributed by atoms with Crippen LogP contribution in [0.5, 0.6) is 5.75 Å². The number of benzene rings is 2. The molecule has 218 valence electrons. The highest BCUT2D eigenvalue weighted by Crippen LogP contribution is 2.44. The third-order valence-electron chi connectivity index (χ3n) is 7.41. The summed E-state index contributed by atoms with van der Waals surface area (Å²) >= 11 is 6.10. The number of pyridine rings is 1. The quantitative estimate of drug-likeness (QED) is 0.186. The molecule has 2 unspecified atom stereocenters. The van der Waals surface area contributed by atoms with E-state index in [-0.39, 0.29) is 28.2 Å². The van der Waals surface area contributed by atoms with Crippen molar-refractivity contribution < 1.29 is 31.5 Å². The molecule has 3 aromatic rings. The summed E-state index contributed by atoms with van der Waals surface area (Å²) in [6.07, 6.45) is -3.49. The third-order valence-corrected chi connectivity index (χ3v) is 7.64. The SMILES string of the molecule is C=C[C@@H]1CCCC1NC(=O)N[C@@](c1cc(F)cc(OC(F)(F)C(F)F)c1)(c1ccc(Cl)cn1)C(C)c1ccccc1. The fraction of sp³-hybridized carbons (Fsp3) is 0.333. The van der Waals surface area contributed by atoms with Gasteiger partial charge in [-0.25, -0.2) is 9.18 Å². The summed E-state index contributed by atoms with van der Waals surface area (Å²) in [5.74, 6) is -2.56. The Bertz CT molecular complexity index is 1360. The maximum atomic E-state index is 15.0. The van der Waals surface area contributed by atoms with Gasteiger partial charge in [0.1, 0.15) is 17.1 Å². The summed E-state index contributed by atoms with van der Waals surface area (Å²) < 4.78 is 73.0. The highest BCUT2D eigenvalue weighted by molar-refractivity contribution is 6.30. The summed E-state index contributed by atoms with van der Waals surface area (Å²) in [5, 5.41) is 6.18. The average molecular weight is 594 g/mol. The molecule has 1 aliphatic rings.